The maximum absolute atomic E-state index is 12.3. The van der Waals surface area contributed by atoms with Crippen LogP contribution in [0.4, 0.5) is 5.69 Å². The first-order valence-electron chi connectivity index (χ1n) is 9.09. The third-order valence-corrected chi connectivity index (χ3v) is 6.06. The first kappa shape index (κ1) is 19.4. The van der Waals surface area contributed by atoms with Crippen LogP contribution < -0.4 is 14.8 Å². The number of nitrogens with one attached hydrogen (secondary N) is 2. The molecule has 144 valence electrons. The lowest BCUT2D eigenvalue weighted by atomic mass is 10.2. The Morgan fingerprint density at radius 1 is 1.04 bits per heavy atom. The number of hydrogen-bond acceptors (Lipinski definition) is 4. The summed E-state index contributed by atoms with van der Waals surface area (Å²) in [5.41, 5.74) is 0.588. The highest BCUT2D eigenvalue weighted by molar-refractivity contribution is 7.89. The van der Waals surface area contributed by atoms with Gasteiger partial charge in [-0.05, 0) is 69.0 Å². The van der Waals surface area contributed by atoms with Gasteiger partial charge < -0.3 is 10.1 Å². The molecule has 3 rings (SSSR count). The molecule has 7 heteroatoms. The van der Waals surface area contributed by atoms with Crippen molar-refractivity contribution in [1.29, 1.82) is 0 Å². The Kier molecular flexibility index (Phi) is 6.13. The second kappa shape index (κ2) is 8.54. The number of rotatable bonds is 7. The van der Waals surface area contributed by atoms with Crippen molar-refractivity contribution in [3.05, 3.63) is 54.6 Å². The summed E-state index contributed by atoms with van der Waals surface area (Å²) in [5, 5.41) is 2.72. The van der Waals surface area contributed by atoms with Crippen molar-refractivity contribution >= 4 is 21.6 Å². The average Bonchev–Trinajstić information content (AvgIpc) is 3.17. The second-order valence-electron chi connectivity index (χ2n) is 6.69. The predicted octanol–water partition coefficient (Wildman–Crippen LogP) is 3.31. The quantitative estimate of drug-likeness (QED) is 0.762. The van der Waals surface area contributed by atoms with Crippen LogP contribution in [0.3, 0.4) is 0 Å². The number of ether oxygens (including phenoxy) is 1. The molecule has 1 aliphatic rings. The van der Waals surface area contributed by atoms with Gasteiger partial charge in [0.05, 0.1) is 17.0 Å². The molecule has 2 aromatic carbocycles. The summed E-state index contributed by atoms with van der Waals surface area (Å²) < 4.78 is 32.9. The standard InChI is InChI=1S/C20H24N2O4S/c1-15(22-27(24,25)19-9-3-2-4-10-19)20(23)21-16-11-13-18(14-12-16)26-17-7-5-6-8-17/h2-4,9-15,17,22H,5-8H2,1H3,(H,21,23)/t15-/m0/s1. The van der Waals surface area contributed by atoms with Gasteiger partial charge in [0.1, 0.15) is 5.75 Å². The molecule has 0 saturated heterocycles. The van der Waals surface area contributed by atoms with Gasteiger partial charge in [-0.1, -0.05) is 18.2 Å². The molecule has 2 N–H and O–H groups in total. The van der Waals surface area contributed by atoms with Gasteiger partial charge in [0.2, 0.25) is 15.9 Å². The number of sulfonamides is 1. The van der Waals surface area contributed by atoms with Gasteiger partial charge in [0, 0.05) is 5.69 Å². The van der Waals surface area contributed by atoms with Crippen LogP contribution in [0.2, 0.25) is 0 Å². The van der Waals surface area contributed by atoms with E-state index >= 15 is 0 Å². The maximum atomic E-state index is 12.3. The molecular weight excluding hydrogens is 364 g/mol. The van der Waals surface area contributed by atoms with Crippen molar-refractivity contribution in [1.82, 2.24) is 4.72 Å². The molecule has 0 aliphatic heterocycles. The van der Waals surface area contributed by atoms with Crippen molar-refractivity contribution in [3.8, 4) is 5.75 Å². The van der Waals surface area contributed by atoms with Crippen LogP contribution in [0.5, 0.6) is 5.75 Å². The summed E-state index contributed by atoms with van der Waals surface area (Å²) in [6.07, 6.45) is 4.85. The fraction of sp³-hybridized carbons (Fsp3) is 0.350. The third-order valence-electron chi connectivity index (χ3n) is 4.51. The Labute approximate surface area is 160 Å². The van der Waals surface area contributed by atoms with Crippen LogP contribution in [-0.2, 0) is 14.8 Å². The van der Waals surface area contributed by atoms with E-state index in [9.17, 15) is 13.2 Å². The van der Waals surface area contributed by atoms with E-state index in [-0.39, 0.29) is 11.0 Å². The summed E-state index contributed by atoms with van der Waals surface area (Å²) in [7, 11) is -3.75. The van der Waals surface area contributed by atoms with E-state index in [1.807, 2.05) is 12.1 Å². The lowest BCUT2D eigenvalue weighted by Gasteiger charge is -2.16. The minimum Gasteiger partial charge on any atom is -0.490 e. The third kappa shape index (κ3) is 5.30. The van der Waals surface area contributed by atoms with E-state index in [1.165, 1.54) is 31.9 Å². The fourth-order valence-corrected chi connectivity index (χ4v) is 4.24. The monoisotopic (exact) mass is 388 g/mol. The summed E-state index contributed by atoms with van der Waals surface area (Å²) in [5.74, 6) is 0.344. The molecule has 6 nitrogen and oxygen atoms in total. The Morgan fingerprint density at radius 2 is 1.67 bits per heavy atom. The Hall–Kier alpha value is -2.38. The zero-order valence-corrected chi connectivity index (χ0v) is 16.0. The van der Waals surface area contributed by atoms with Gasteiger partial charge in [-0.15, -0.1) is 0 Å². The van der Waals surface area contributed by atoms with Gasteiger partial charge >= 0.3 is 0 Å². The second-order valence-corrected chi connectivity index (χ2v) is 8.41. The molecule has 0 aromatic heterocycles. The maximum Gasteiger partial charge on any atom is 0.242 e. The normalized spacial score (nSPS) is 16.0. The van der Waals surface area contributed by atoms with Crippen molar-refractivity contribution in [2.24, 2.45) is 0 Å². The Balaban J connectivity index is 1.56. The van der Waals surface area contributed by atoms with Crippen molar-refractivity contribution in [3.63, 3.8) is 0 Å². The molecule has 0 spiro atoms. The van der Waals surface area contributed by atoms with E-state index in [4.69, 9.17) is 4.74 Å². The molecule has 1 saturated carbocycles. The topological polar surface area (TPSA) is 84.5 Å². The van der Waals surface area contributed by atoms with E-state index < -0.39 is 22.0 Å². The first-order chi connectivity index (χ1) is 12.9. The zero-order valence-electron chi connectivity index (χ0n) is 15.2. The summed E-state index contributed by atoms with van der Waals surface area (Å²) >= 11 is 0. The van der Waals surface area contributed by atoms with E-state index in [2.05, 4.69) is 10.0 Å². The summed E-state index contributed by atoms with van der Waals surface area (Å²) in [6.45, 7) is 1.51. The SMILES string of the molecule is C[C@H](NS(=O)(=O)c1ccccc1)C(=O)Nc1ccc(OC2CCCC2)cc1. The molecule has 1 amide bonds. The Bertz CT molecular complexity index is 861. The number of amides is 1. The number of anilines is 1. The lowest BCUT2D eigenvalue weighted by Crippen LogP contribution is -2.41. The van der Waals surface area contributed by atoms with E-state index in [0.717, 1.165) is 18.6 Å². The van der Waals surface area contributed by atoms with Gasteiger partial charge in [-0.25, -0.2) is 8.42 Å². The molecule has 1 aliphatic carbocycles. The summed E-state index contributed by atoms with van der Waals surface area (Å²) in [4.78, 5) is 12.4. The number of hydrogen-bond donors (Lipinski definition) is 2. The van der Waals surface area contributed by atoms with E-state index in [0.29, 0.717) is 5.69 Å². The molecule has 1 fully saturated rings. The number of carbonyl (C=O) groups excluding carboxylic acids is 1. The number of carbonyl (C=O) groups is 1. The van der Waals surface area contributed by atoms with Crippen LogP contribution in [0.15, 0.2) is 59.5 Å². The molecule has 27 heavy (non-hydrogen) atoms. The van der Waals surface area contributed by atoms with Crippen molar-refractivity contribution in [2.75, 3.05) is 5.32 Å². The highest BCUT2D eigenvalue weighted by Crippen LogP contribution is 2.25. The minimum absolute atomic E-state index is 0.123. The van der Waals surface area contributed by atoms with Crippen LogP contribution in [0, 0.1) is 0 Å². The minimum atomic E-state index is -3.75. The molecule has 2 aromatic rings. The van der Waals surface area contributed by atoms with Gasteiger partial charge in [-0.2, -0.15) is 4.72 Å². The van der Waals surface area contributed by atoms with Crippen LogP contribution >= 0.6 is 0 Å². The van der Waals surface area contributed by atoms with Gasteiger partial charge in [-0.3, -0.25) is 4.79 Å². The van der Waals surface area contributed by atoms with Crippen LogP contribution in [0.25, 0.3) is 0 Å². The highest BCUT2D eigenvalue weighted by atomic mass is 32.2. The smallest absolute Gasteiger partial charge is 0.242 e. The van der Waals surface area contributed by atoms with Gasteiger partial charge in [0.15, 0.2) is 0 Å². The number of benzene rings is 2. The van der Waals surface area contributed by atoms with Crippen molar-refractivity contribution < 1.29 is 17.9 Å². The molecule has 0 heterocycles. The zero-order chi connectivity index (χ0) is 19.3. The molecular formula is C20H24N2O4S. The average molecular weight is 388 g/mol. The van der Waals surface area contributed by atoms with Crippen LogP contribution in [0.1, 0.15) is 32.6 Å². The van der Waals surface area contributed by atoms with Gasteiger partial charge in [0.25, 0.3) is 0 Å². The van der Waals surface area contributed by atoms with Crippen LogP contribution in [-0.4, -0.2) is 26.5 Å². The largest absolute Gasteiger partial charge is 0.490 e. The Morgan fingerprint density at radius 3 is 2.30 bits per heavy atom. The first-order valence-corrected chi connectivity index (χ1v) is 10.6. The molecule has 0 unspecified atom stereocenters. The summed E-state index contributed by atoms with van der Waals surface area (Å²) in [6, 6.07) is 14.2. The molecule has 1 atom stereocenters. The van der Waals surface area contributed by atoms with E-state index in [1.54, 1.807) is 30.3 Å². The van der Waals surface area contributed by atoms with Crippen molar-refractivity contribution in [2.45, 2.75) is 49.6 Å². The molecule has 0 radical (unpaired) electrons. The lowest BCUT2D eigenvalue weighted by molar-refractivity contribution is -0.117. The highest BCUT2D eigenvalue weighted by Gasteiger charge is 2.22. The predicted molar refractivity (Wildman–Crippen MR) is 104 cm³/mol. The molecule has 0 bridgehead atoms. The fourth-order valence-electron chi connectivity index (χ4n) is 3.02.